The third-order valence-corrected chi connectivity index (χ3v) is 6.64. The number of likely N-dealkylation sites (tertiary alicyclic amines) is 1. The lowest BCUT2D eigenvalue weighted by atomic mass is 9.76. The summed E-state index contributed by atoms with van der Waals surface area (Å²) in [5.74, 6) is 0.737. The Bertz CT molecular complexity index is 672. The van der Waals surface area contributed by atoms with Crippen LogP contribution in [0.2, 0.25) is 0 Å². The van der Waals surface area contributed by atoms with Gasteiger partial charge in [0.05, 0.1) is 0 Å². The third-order valence-electron chi connectivity index (χ3n) is 6.64. The van der Waals surface area contributed by atoms with Gasteiger partial charge in [0.1, 0.15) is 0 Å². The second-order valence-electron chi connectivity index (χ2n) is 10.2. The average molecular weight is 396 g/mol. The predicted molar refractivity (Wildman–Crippen MR) is 125 cm³/mol. The van der Waals surface area contributed by atoms with Gasteiger partial charge >= 0.3 is 0 Å². The van der Waals surface area contributed by atoms with E-state index in [1.807, 2.05) is 0 Å². The topological polar surface area (TPSA) is 27.3 Å². The van der Waals surface area contributed by atoms with Crippen LogP contribution in [0.4, 0.5) is 0 Å². The molecule has 0 aromatic heterocycles. The summed E-state index contributed by atoms with van der Waals surface area (Å²) in [7, 11) is 0. The molecule has 2 N–H and O–H groups in total. The average Bonchev–Trinajstić information content (AvgIpc) is 3.17. The summed E-state index contributed by atoms with van der Waals surface area (Å²) in [5.41, 5.74) is 4.04. The smallest absolute Gasteiger partial charge is 0.0375 e. The monoisotopic (exact) mass is 395 g/mol. The van der Waals surface area contributed by atoms with Crippen molar-refractivity contribution in [2.75, 3.05) is 26.2 Å². The highest BCUT2D eigenvalue weighted by Gasteiger charge is 2.38. The Balaban J connectivity index is 1.46. The summed E-state index contributed by atoms with van der Waals surface area (Å²) >= 11 is 0. The molecular weight excluding hydrogens is 354 g/mol. The molecule has 1 heterocycles. The molecule has 0 atom stereocenters. The molecule has 29 heavy (non-hydrogen) atoms. The van der Waals surface area contributed by atoms with Crippen LogP contribution in [0, 0.1) is 5.92 Å². The zero-order chi connectivity index (χ0) is 20.9. The van der Waals surface area contributed by atoms with E-state index in [0.717, 1.165) is 37.8 Å². The van der Waals surface area contributed by atoms with E-state index in [2.05, 4.69) is 79.8 Å². The second-order valence-corrected chi connectivity index (χ2v) is 10.2. The SMILES string of the molecule is C=C(CN1CCC(CNC(=C)C2(c3ccccc3)CCCC2)CC1)NC(C)(C)C. The van der Waals surface area contributed by atoms with Crippen molar-refractivity contribution in [2.24, 2.45) is 5.92 Å². The fourth-order valence-corrected chi connectivity index (χ4v) is 5.13. The summed E-state index contributed by atoms with van der Waals surface area (Å²) in [6.07, 6.45) is 7.57. The van der Waals surface area contributed by atoms with Crippen LogP contribution in [0.1, 0.15) is 64.9 Å². The molecule has 1 aliphatic heterocycles. The molecule has 1 saturated heterocycles. The van der Waals surface area contributed by atoms with Crippen molar-refractivity contribution in [1.82, 2.24) is 15.5 Å². The van der Waals surface area contributed by atoms with Crippen molar-refractivity contribution in [3.05, 3.63) is 60.4 Å². The van der Waals surface area contributed by atoms with E-state index in [1.54, 1.807) is 0 Å². The quantitative estimate of drug-likeness (QED) is 0.632. The number of hydrogen-bond acceptors (Lipinski definition) is 3. The molecular formula is C26H41N3. The van der Waals surface area contributed by atoms with Crippen molar-refractivity contribution in [2.45, 2.75) is 70.3 Å². The molecule has 1 aromatic rings. The molecule has 0 radical (unpaired) electrons. The first-order valence-corrected chi connectivity index (χ1v) is 11.5. The van der Waals surface area contributed by atoms with Crippen LogP contribution >= 0.6 is 0 Å². The van der Waals surface area contributed by atoms with Crippen molar-refractivity contribution in [1.29, 1.82) is 0 Å². The van der Waals surface area contributed by atoms with Crippen LogP contribution in [0.5, 0.6) is 0 Å². The van der Waals surface area contributed by atoms with Gasteiger partial charge in [-0.2, -0.15) is 0 Å². The van der Waals surface area contributed by atoms with E-state index in [9.17, 15) is 0 Å². The molecule has 3 rings (SSSR count). The van der Waals surface area contributed by atoms with Crippen molar-refractivity contribution >= 4 is 0 Å². The van der Waals surface area contributed by atoms with Crippen molar-refractivity contribution < 1.29 is 0 Å². The maximum absolute atomic E-state index is 4.52. The summed E-state index contributed by atoms with van der Waals surface area (Å²) in [4.78, 5) is 2.54. The summed E-state index contributed by atoms with van der Waals surface area (Å²) in [5, 5.41) is 7.29. The van der Waals surface area contributed by atoms with Gasteiger partial charge in [-0.1, -0.05) is 56.3 Å². The molecule has 3 heteroatoms. The predicted octanol–water partition coefficient (Wildman–Crippen LogP) is 5.22. The van der Waals surface area contributed by atoms with Gasteiger partial charge in [-0.25, -0.2) is 0 Å². The van der Waals surface area contributed by atoms with E-state index in [4.69, 9.17) is 0 Å². The first-order valence-electron chi connectivity index (χ1n) is 11.5. The van der Waals surface area contributed by atoms with Crippen LogP contribution in [0.15, 0.2) is 54.9 Å². The molecule has 0 amide bonds. The zero-order valence-electron chi connectivity index (χ0n) is 18.9. The molecule has 1 aliphatic carbocycles. The number of hydrogen-bond donors (Lipinski definition) is 2. The maximum atomic E-state index is 4.52. The van der Waals surface area contributed by atoms with Crippen LogP contribution in [-0.2, 0) is 5.41 Å². The number of nitrogens with zero attached hydrogens (tertiary/aromatic N) is 1. The van der Waals surface area contributed by atoms with Gasteiger partial charge in [-0.15, -0.1) is 0 Å². The van der Waals surface area contributed by atoms with E-state index in [0.29, 0.717) is 0 Å². The lowest BCUT2D eigenvalue weighted by molar-refractivity contribution is 0.191. The van der Waals surface area contributed by atoms with Crippen LogP contribution in [-0.4, -0.2) is 36.6 Å². The first kappa shape index (κ1) is 22.0. The summed E-state index contributed by atoms with van der Waals surface area (Å²) < 4.78 is 0. The Hall–Kier alpha value is -1.74. The van der Waals surface area contributed by atoms with Crippen LogP contribution in [0.3, 0.4) is 0 Å². The number of rotatable bonds is 8. The fourth-order valence-electron chi connectivity index (χ4n) is 5.13. The Morgan fingerprint density at radius 2 is 1.69 bits per heavy atom. The van der Waals surface area contributed by atoms with E-state index >= 15 is 0 Å². The molecule has 3 nitrogen and oxygen atoms in total. The van der Waals surface area contributed by atoms with E-state index < -0.39 is 0 Å². The molecule has 2 aliphatic rings. The first-order chi connectivity index (χ1) is 13.8. The third kappa shape index (κ3) is 5.88. The van der Waals surface area contributed by atoms with Gasteiger partial charge in [0.15, 0.2) is 0 Å². The van der Waals surface area contributed by atoms with Crippen LogP contribution in [0.25, 0.3) is 0 Å². The van der Waals surface area contributed by atoms with Crippen LogP contribution < -0.4 is 10.6 Å². The largest absolute Gasteiger partial charge is 0.388 e. The highest BCUT2D eigenvalue weighted by molar-refractivity contribution is 5.35. The Morgan fingerprint density at radius 3 is 2.28 bits per heavy atom. The maximum Gasteiger partial charge on any atom is 0.0375 e. The van der Waals surface area contributed by atoms with E-state index in [-0.39, 0.29) is 11.0 Å². The zero-order valence-corrected chi connectivity index (χ0v) is 18.9. The second kappa shape index (κ2) is 9.38. The Kier molecular flexibility index (Phi) is 7.10. The molecule has 0 spiro atoms. The van der Waals surface area contributed by atoms with E-state index in [1.165, 1.54) is 49.8 Å². The highest BCUT2D eigenvalue weighted by Crippen LogP contribution is 2.45. The minimum atomic E-state index is 0.0919. The van der Waals surface area contributed by atoms with Crippen molar-refractivity contribution in [3.63, 3.8) is 0 Å². The van der Waals surface area contributed by atoms with Gasteiger partial charge in [0, 0.05) is 35.4 Å². The lowest BCUT2D eigenvalue weighted by Gasteiger charge is -2.36. The van der Waals surface area contributed by atoms with Gasteiger partial charge < -0.3 is 10.6 Å². The van der Waals surface area contributed by atoms with Gasteiger partial charge in [0.25, 0.3) is 0 Å². The minimum absolute atomic E-state index is 0.0919. The van der Waals surface area contributed by atoms with Crippen molar-refractivity contribution in [3.8, 4) is 0 Å². The Morgan fingerprint density at radius 1 is 1.07 bits per heavy atom. The number of nitrogens with one attached hydrogen (secondary N) is 2. The summed E-state index contributed by atoms with van der Waals surface area (Å²) in [6.45, 7) is 19.6. The lowest BCUT2D eigenvalue weighted by Crippen LogP contribution is -2.43. The normalized spacial score (nSPS) is 20.4. The highest BCUT2D eigenvalue weighted by atomic mass is 15.2. The molecule has 160 valence electrons. The standard InChI is InChI=1S/C26H41N3/c1-21(28-25(3,4)5)20-29-17-13-23(14-18-29)19-27-22(2)26(15-9-10-16-26)24-11-7-6-8-12-24/h6-8,11-12,23,27-28H,1-2,9-10,13-20H2,3-5H3. The van der Waals surface area contributed by atoms with Gasteiger partial charge in [0.2, 0.25) is 0 Å². The van der Waals surface area contributed by atoms with Gasteiger partial charge in [-0.05, 0) is 71.0 Å². The number of allylic oxidation sites excluding steroid dienone is 1. The summed E-state index contributed by atoms with van der Waals surface area (Å²) in [6, 6.07) is 11.0. The Labute approximate surface area is 178 Å². The molecule has 0 unspecified atom stereocenters. The van der Waals surface area contributed by atoms with Gasteiger partial charge in [-0.3, -0.25) is 4.90 Å². The molecule has 1 aromatic carbocycles. The molecule has 1 saturated carbocycles. The fraction of sp³-hybridized carbons (Fsp3) is 0.615. The number of piperidine rings is 1. The molecule has 2 fully saturated rings. The number of benzene rings is 1. The minimum Gasteiger partial charge on any atom is -0.388 e. The molecule has 0 bridgehead atoms.